The zero-order valence-electron chi connectivity index (χ0n) is 8.77. The molecule has 0 bridgehead atoms. The first-order valence-corrected chi connectivity index (χ1v) is 4.75. The highest BCUT2D eigenvalue weighted by molar-refractivity contribution is 5.69. The van der Waals surface area contributed by atoms with Crippen LogP contribution in [0.4, 0.5) is 13.2 Å². The molecule has 0 fully saturated rings. The van der Waals surface area contributed by atoms with Crippen LogP contribution in [-0.2, 0) is 11.2 Å². The number of carboxylic acids is 1. The number of halogens is 3. The third-order valence-corrected chi connectivity index (χ3v) is 2.17. The van der Waals surface area contributed by atoms with Crippen molar-refractivity contribution in [2.75, 3.05) is 0 Å². The molecule has 0 spiro atoms. The number of aliphatic carboxylic acids is 1. The third-order valence-electron chi connectivity index (χ3n) is 2.17. The Bertz CT molecular complexity index is 612. The Balaban J connectivity index is 2.52. The van der Waals surface area contributed by atoms with Crippen LogP contribution < -0.4 is 0 Å². The second kappa shape index (κ2) is 4.47. The van der Waals surface area contributed by atoms with Gasteiger partial charge in [0.15, 0.2) is 17.5 Å². The molecule has 1 aromatic heterocycles. The number of benzene rings is 1. The lowest BCUT2D eigenvalue weighted by Gasteiger charge is -2.06. The van der Waals surface area contributed by atoms with E-state index in [0.717, 1.165) is 10.9 Å². The van der Waals surface area contributed by atoms with E-state index in [-0.39, 0.29) is 5.69 Å². The molecule has 8 heteroatoms. The number of nitrogens with zero attached hydrogens (tertiary/aromatic N) is 3. The average molecular weight is 257 g/mol. The van der Waals surface area contributed by atoms with Crippen molar-refractivity contribution in [3.05, 3.63) is 41.5 Å². The number of carboxylic acid groups (broad SMARTS) is 1. The van der Waals surface area contributed by atoms with Gasteiger partial charge in [-0.3, -0.25) is 4.79 Å². The number of hydrogen-bond donors (Lipinski definition) is 1. The molecular formula is C10H6F3N3O2. The molecule has 1 aromatic carbocycles. The molecule has 0 aliphatic carbocycles. The fraction of sp³-hybridized carbons (Fsp3) is 0.100. The molecule has 94 valence electrons. The predicted molar refractivity (Wildman–Crippen MR) is 52.6 cm³/mol. The van der Waals surface area contributed by atoms with Gasteiger partial charge in [-0.2, -0.15) is 0 Å². The summed E-state index contributed by atoms with van der Waals surface area (Å²) in [7, 11) is 0. The highest BCUT2D eigenvalue weighted by Gasteiger charge is 2.16. The van der Waals surface area contributed by atoms with E-state index in [2.05, 4.69) is 10.3 Å². The van der Waals surface area contributed by atoms with Gasteiger partial charge in [-0.15, -0.1) is 5.10 Å². The Morgan fingerprint density at radius 2 is 1.89 bits per heavy atom. The van der Waals surface area contributed by atoms with Gasteiger partial charge in [-0.25, -0.2) is 17.9 Å². The largest absolute Gasteiger partial charge is 0.481 e. The molecule has 0 unspecified atom stereocenters. The molecule has 0 atom stereocenters. The summed E-state index contributed by atoms with van der Waals surface area (Å²) in [6, 6.07) is 0.946. The minimum absolute atomic E-state index is 0.0485. The van der Waals surface area contributed by atoms with Crippen LogP contribution in [0, 0.1) is 17.5 Å². The second-order valence-electron chi connectivity index (χ2n) is 3.43. The molecule has 0 saturated carbocycles. The van der Waals surface area contributed by atoms with Crippen LogP contribution in [0.2, 0.25) is 0 Å². The molecule has 2 rings (SSSR count). The van der Waals surface area contributed by atoms with E-state index in [9.17, 15) is 18.0 Å². The van der Waals surface area contributed by atoms with E-state index in [4.69, 9.17) is 5.11 Å². The smallest absolute Gasteiger partial charge is 0.309 e. The van der Waals surface area contributed by atoms with Crippen molar-refractivity contribution < 1.29 is 23.1 Å². The first-order chi connectivity index (χ1) is 8.49. The van der Waals surface area contributed by atoms with Gasteiger partial charge >= 0.3 is 5.97 Å². The van der Waals surface area contributed by atoms with E-state index in [1.165, 1.54) is 0 Å². The summed E-state index contributed by atoms with van der Waals surface area (Å²) in [5, 5.41) is 15.5. The van der Waals surface area contributed by atoms with E-state index >= 15 is 0 Å². The molecule has 0 saturated heterocycles. The fourth-order valence-electron chi connectivity index (χ4n) is 1.41. The van der Waals surface area contributed by atoms with Crippen molar-refractivity contribution >= 4 is 5.97 Å². The van der Waals surface area contributed by atoms with Crippen LogP contribution in [-0.4, -0.2) is 26.1 Å². The lowest BCUT2D eigenvalue weighted by atomic mass is 10.2. The van der Waals surface area contributed by atoms with Crippen LogP contribution >= 0.6 is 0 Å². The molecule has 5 nitrogen and oxygen atoms in total. The topological polar surface area (TPSA) is 68.0 Å². The maximum absolute atomic E-state index is 13.5. The van der Waals surface area contributed by atoms with Gasteiger partial charge in [0.2, 0.25) is 0 Å². The minimum atomic E-state index is -1.34. The molecule has 2 aromatic rings. The Labute approximate surface area is 98.5 Å². The van der Waals surface area contributed by atoms with Gasteiger partial charge in [0.1, 0.15) is 5.69 Å². The Hall–Kier alpha value is -2.38. The van der Waals surface area contributed by atoms with Crippen LogP contribution in [0.1, 0.15) is 5.69 Å². The zero-order valence-corrected chi connectivity index (χ0v) is 8.77. The third kappa shape index (κ3) is 2.17. The lowest BCUT2D eigenvalue weighted by Crippen LogP contribution is -2.10. The number of aromatic nitrogens is 3. The molecule has 0 aliphatic rings. The summed E-state index contributed by atoms with van der Waals surface area (Å²) < 4.78 is 40.1. The van der Waals surface area contributed by atoms with E-state index < -0.39 is 35.5 Å². The fourth-order valence-corrected chi connectivity index (χ4v) is 1.41. The normalized spacial score (nSPS) is 10.6. The zero-order chi connectivity index (χ0) is 13.3. The molecule has 1 heterocycles. The van der Waals surface area contributed by atoms with Crippen molar-refractivity contribution in [2.45, 2.75) is 6.42 Å². The first-order valence-electron chi connectivity index (χ1n) is 4.75. The van der Waals surface area contributed by atoms with Gasteiger partial charge in [0, 0.05) is 12.1 Å². The van der Waals surface area contributed by atoms with Gasteiger partial charge in [-0.05, 0) is 0 Å². The lowest BCUT2D eigenvalue weighted by molar-refractivity contribution is -0.136. The molecule has 0 aliphatic heterocycles. The molecule has 18 heavy (non-hydrogen) atoms. The van der Waals surface area contributed by atoms with Gasteiger partial charge in [0.25, 0.3) is 0 Å². The van der Waals surface area contributed by atoms with Crippen molar-refractivity contribution in [2.24, 2.45) is 0 Å². The molecular weight excluding hydrogens is 251 g/mol. The van der Waals surface area contributed by atoms with Crippen LogP contribution in [0.25, 0.3) is 5.69 Å². The SMILES string of the molecule is O=C(O)Cc1cnnn1-c1cc(F)c(F)cc1F. The van der Waals surface area contributed by atoms with E-state index in [0.29, 0.717) is 12.1 Å². The summed E-state index contributed by atoms with van der Waals surface area (Å²) in [6.07, 6.45) is 0.639. The van der Waals surface area contributed by atoms with E-state index in [1.54, 1.807) is 0 Å². The van der Waals surface area contributed by atoms with Crippen molar-refractivity contribution in [3.8, 4) is 5.69 Å². The number of rotatable bonds is 3. The minimum Gasteiger partial charge on any atom is -0.481 e. The summed E-state index contributed by atoms with van der Waals surface area (Å²) in [4.78, 5) is 10.6. The monoisotopic (exact) mass is 257 g/mol. The Kier molecular flexibility index (Phi) is 3.00. The summed E-state index contributed by atoms with van der Waals surface area (Å²) in [5.74, 6) is -4.84. The first kappa shape index (κ1) is 12.1. The van der Waals surface area contributed by atoms with Gasteiger partial charge in [0.05, 0.1) is 18.3 Å². The summed E-state index contributed by atoms with van der Waals surface area (Å²) in [6.45, 7) is 0. The average Bonchev–Trinajstić information content (AvgIpc) is 2.70. The van der Waals surface area contributed by atoms with Crippen LogP contribution in [0.3, 0.4) is 0 Å². The molecule has 0 amide bonds. The van der Waals surface area contributed by atoms with Gasteiger partial charge in [-0.1, -0.05) is 5.21 Å². The summed E-state index contributed by atoms with van der Waals surface area (Å²) in [5.41, 5.74) is -0.352. The molecule has 0 radical (unpaired) electrons. The van der Waals surface area contributed by atoms with E-state index in [1.807, 2.05) is 0 Å². The maximum Gasteiger partial charge on any atom is 0.309 e. The van der Waals surface area contributed by atoms with Crippen molar-refractivity contribution in [3.63, 3.8) is 0 Å². The number of carbonyl (C=O) groups is 1. The quantitative estimate of drug-likeness (QED) is 0.842. The van der Waals surface area contributed by atoms with Crippen LogP contribution in [0.5, 0.6) is 0 Å². The maximum atomic E-state index is 13.5. The predicted octanol–water partition coefficient (Wildman–Crippen LogP) is 1.31. The second-order valence-corrected chi connectivity index (χ2v) is 3.43. The standard InChI is InChI=1S/C10H6F3N3O2/c11-6-2-8(13)9(3-7(6)12)16-5(1-10(17)18)4-14-15-16/h2-4H,1H2,(H,17,18). The van der Waals surface area contributed by atoms with Crippen molar-refractivity contribution in [1.82, 2.24) is 15.0 Å². The van der Waals surface area contributed by atoms with Crippen LogP contribution in [0.15, 0.2) is 18.3 Å². The number of hydrogen-bond acceptors (Lipinski definition) is 3. The van der Waals surface area contributed by atoms with Gasteiger partial charge < -0.3 is 5.11 Å². The summed E-state index contributed by atoms with van der Waals surface area (Å²) >= 11 is 0. The highest BCUT2D eigenvalue weighted by Crippen LogP contribution is 2.18. The highest BCUT2D eigenvalue weighted by atomic mass is 19.2. The Morgan fingerprint density at radius 1 is 1.22 bits per heavy atom. The Morgan fingerprint density at radius 3 is 2.56 bits per heavy atom. The van der Waals surface area contributed by atoms with Crippen molar-refractivity contribution in [1.29, 1.82) is 0 Å². The molecule has 1 N–H and O–H groups in total.